The normalized spacial score (nSPS) is 32.8. The highest BCUT2D eigenvalue weighted by atomic mass is 32.2. The third-order valence-electron chi connectivity index (χ3n) is 2.67. The summed E-state index contributed by atoms with van der Waals surface area (Å²) in [5.41, 5.74) is -1.26. The van der Waals surface area contributed by atoms with Crippen LogP contribution < -0.4 is 0 Å². The molecule has 2 heterocycles. The van der Waals surface area contributed by atoms with Gasteiger partial charge in [0.05, 0.1) is 18.3 Å². The van der Waals surface area contributed by atoms with Crippen LogP contribution in [0.25, 0.3) is 0 Å². The molecule has 2 rings (SSSR count). The lowest BCUT2D eigenvalue weighted by molar-refractivity contribution is -0.213. The Morgan fingerprint density at radius 3 is 2.76 bits per heavy atom. The Morgan fingerprint density at radius 1 is 1.59 bits per heavy atom. The molecule has 0 bridgehead atoms. The van der Waals surface area contributed by atoms with Gasteiger partial charge in [-0.25, -0.2) is 4.79 Å². The summed E-state index contributed by atoms with van der Waals surface area (Å²) < 4.78 is 40.7. The van der Waals surface area contributed by atoms with Gasteiger partial charge in [-0.3, -0.25) is 4.79 Å². The molecule has 1 amide bonds. The van der Waals surface area contributed by atoms with Gasteiger partial charge >= 0.3 is 12.1 Å². The summed E-state index contributed by atoms with van der Waals surface area (Å²) in [6, 6.07) is 0. The van der Waals surface area contributed by atoms with Crippen molar-refractivity contribution in [3.8, 4) is 0 Å². The number of ether oxygens (including phenoxy) is 1. The van der Waals surface area contributed by atoms with Crippen LogP contribution in [0, 0.1) is 0 Å². The smallest absolute Gasteiger partial charge is 0.450 e. The van der Waals surface area contributed by atoms with Crippen LogP contribution in [-0.4, -0.2) is 46.2 Å². The van der Waals surface area contributed by atoms with Crippen molar-refractivity contribution in [2.45, 2.75) is 30.5 Å². The molecule has 2 atom stereocenters. The van der Waals surface area contributed by atoms with E-state index in [9.17, 15) is 22.8 Å². The average molecular weight is 269 g/mol. The molecule has 0 aromatic heterocycles. The number of thioether (sulfide) groups is 1. The first-order valence-corrected chi connectivity index (χ1v) is 5.97. The number of rotatable bonds is 1. The maximum Gasteiger partial charge on any atom is 0.490 e. The minimum absolute atomic E-state index is 0.0279. The van der Waals surface area contributed by atoms with Crippen molar-refractivity contribution in [3.63, 3.8) is 0 Å². The fourth-order valence-electron chi connectivity index (χ4n) is 1.79. The molecule has 4 nitrogen and oxygen atoms in total. The Morgan fingerprint density at radius 2 is 2.24 bits per heavy atom. The van der Waals surface area contributed by atoms with E-state index in [0.717, 1.165) is 0 Å². The molecule has 17 heavy (non-hydrogen) atoms. The SMILES string of the molecule is CC1(OC(=O)C(F)(F)F)CS[C@H]2CC(=O)N2C1. The molecule has 8 heteroatoms. The van der Waals surface area contributed by atoms with E-state index >= 15 is 0 Å². The van der Waals surface area contributed by atoms with E-state index in [1.807, 2.05) is 0 Å². The van der Waals surface area contributed by atoms with Crippen LogP contribution in [0.5, 0.6) is 0 Å². The molecule has 2 aliphatic rings. The molecule has 0 aromatic rings. The summed E-state index contributed by atoms with van der Waals surface area (Å²) in [4.78, 5) is 23.4. The van der Waals surface area contributed by atoms with Gasteiger partial charge in [0.25, 0.3) is 0 Å². The highest BCUT2D eigenvalue weighted by Gasteiger charge is 2.51. The zero-order valence-electron chi connectivity index (χ0n) is 8.91. The summed E-state index contributed by atoms with van der Waals surface area (Å²) in [6.07, 6.45) is -4.59. The number of β-lactam (4-membered cyclic amide) rings is 1. The van der Waals surface area contributed by atoms with Crippen molar-refractivity contribution in [2.24, 2.45) is 0 Å². The highest BCUT2D eigenvalue weighted by Crippen LogP contribution is 2.39. The minimum atomic E-state index is -5.00. The van der Waals surface area contributed by atoms with Crippen LogP contribution in [0.4, 0.5) is 13.2 Å². The summed E-state index contributed by atoms with van der Waals surface area (Å²) in [7, 11) is 0. The van der Waals surface area contributed by atoms with Gasteiger partial charge in [0, 0.05) is 5.75 Å². The van der Waals surface area contributed by atoms with Gasteiger partial charge < -0.3 is 9.64 Å². The zero-order chi connectivity index (χ0) is 12.8. The number of carbonyl (C=O) groups is 2. The predicted octanol–water partition coefficient (Wildman–Crippen LogP) is 1.16. The molecule has 0 aromatic carbocycles. The molecule has 2 fully saturated rings. The summed E-state index contributed by atoms with van der Waals surface area (Å²) in [5, 5.41) is 0.0279. The molecular formula is C9H10F3NO3S. The lowest BCUT2D eigenvalue weighted by Gasteiger charge is -2.49. The predicted molar refractivity (Wildman–Crippen MR) is 53.1 cm³/mol. The number of amides is 1. The number of halogens is 3. The number of nitrogens with zero attached hydrogens (tertiary/aromatic N) is 1. The van der Waals surface area contributed by atoms with Crippen molar-refractivity contribution in [2.75, 3.05) is 12.3 Å². The fraction of sp³-hybridized carbons (Fsp3) is 0.778. The number of hydrogen-bond donors (Lipinski definition) is 0. The van der Waals surface area contributed by atoms with E-state index in [2.05, 4.69) is 4.74 Å². The first-order valence-electron chi connectivity index (χ1n) is 4.92. The van der Waals surface area contributed by atoms with Gasteiger partial charge in [-0.1, -0.05) is 0 Å². The molecule has 0 spiro atoms. The Bertz CT molecular complexity index is 373. The van der Waals surface area contributed by atoms with E-state index in [1.165, 1.54) is 23.6 Å². The average Bonchev–Trinajstić information content (AvgIpc) is 2.19. The van der Waals surface area contributed by atoms with Crippen LogP contribution in [0.3, 0.4) is 0 Å². The molecule has 1 unspecified atom stereocenters. The summed E-state index contributed by atoms with van der Waals surface area (Å²) >= 11 is 1.34. The third-order valence-corrected chi connectivity index (χ3v) is 4.26. The third kappa shape index (κ3) is 2.36. The van der Waals surface area contributed by atoms with Crippen LogP contribution >= 0.6 is 11.8 Å². The molecule has 2 saturated heterocycles. The first-order chi connectivity index (χ1) is 7.71. The molecule has 0 aliphatic carbocycles. The Labute approximate surface area is 99.5 Å². The van der Waals surface area contributed by atoms with E-state index in [-0.39, 0.29) is 23.6 Å². The monoisotopic (exact) mass is 269 g/mol. The Balaban J connectivity index is 2.00. The Kier molecular flexibility index (Phi) is 2.80. The van der Waals surface area contributed by atoms with Crippen molar-refractivity contribution in [1.82, 2.24) is 4.90 Å². The largest absolute Gasteiger partial charge is 0.490 e. The number of alkyl halides is 3. The maximum absolute atomic E-state index is 12.1. The summed E-state index contributed by atoms with van der Waals surface area (Å²) in [5.74, 6) is -2.05. The molecule has 0 saturated carbocycles. The van der Waals surface area contributed by atoms with Gasteiger partial charge in [0.15, 0.2) is 0 Å². The minimum Gasteiger partial charge on any atom is -0.450 e. The van der Waals surface area contributed by atoms with Crippen molar-refractivity contribution < 1.29 is 27.5 Å². The quantitative estimate of drug-likeness (QED) is 0.529. The zero-order valence-corrected chi connectivity index (χ0v) is 9.73. The first kappa shape index (κ1) is 12.5. The van der Waals surface area contributed by atoms with Crippen molar-refractivity contribution in [3.05, 3.63) is 0 Å². The number of esters is 1. The lowest BCUT2D eigenvalue weighted by Crippen LogP contribution is -2.62. The number of fused-ring (bicyclic) bond motifs is 1. The van der Waals surface area contributed by atoms with Crippen molar-refractivity contribution in [1.29, 1.82) is 0 Å². The standard InChI is InChI=1S/C9H10F3NO3S/c1-8(16-7(15)9(10,11)12)3-13-5(14)2-6(13)17-4-8/h6H,2-4H2,1H3/t6-,8?/m0/s1. The highest BCUT2D eigenvalue weighted by molar-refractivity contribution is 8.00. The second kappa shape index (κ2) is 3.79. The second-order valence-corrected chi connectivity index (χ2v) is 5.49. The van der Waals surface area contributed by atoms with Crippen LogP contribution in [0.15, 0.2) is 0 Å². The van der Waals surface area contributed by atoms with E-state index in [4.69, 9.17) is 0 Å². The number of hydrogen-bond acceptors (Lipinski definition) is 4. The molecular weight excluding hydrogens is 259 g/mol. The lowest BCUT2D eigenvalue weighted by atomic mass is 10.0. The van der Waals surface area contributed by atoms with Crippen LogP contribution in [0.1, 0.15) is 13.3 Å². The van der Waals surface area contributed by atoms with Gasteiger partial charge in [-0.05, 0) is 6.92 Å². The van der Waals surface area contributed by atoms with Crippen LogP contribution in [0.2, 0.25) is 0 Å². The van der Waals surface area contributed by atoms with E-state index < -0.39 is 17.7 Å². The van der Waals surface area contributed by atoms with Gasteiger partial charge in [-0.15, -0.1) is 11.8 Å². The van der Waals surface area contributed by atoms with E-state index in [0.29, 0.717) is 6.42 Å². The topological polar surface area (TPSA) is 46.6 Å². The van der Waals surface area contributed by atoms with Gasteiger partial charge in [0.1, 0.15) is 5.60 Å². The van der Waals surface area contributed by atoms with Crippen LogP contribution in [-0.2, 0) is 14.3 Å². The van der Waals surface area contributed by atoms with Gasteiger partial charge in [0.2, 0.25) is 5.91 Å². The van der Waals surface area contributed by atoms with Crippen molar-refractivity contribution >= 4 is 23.6 Å². The molecule has 2 aliphatic heterocycles. The molecule has 96 valence electrons. The molecule has 0 radical (unpaired) electrons. The van der Waals surface area contributed by atoms with Gasteiger partial charge in [-0.2, -0.15) is 13.2 Å². The second-order valence-electron chi connectivity index (χ2n) is 4.33. The summed E-state index contributed by atoms with van der Waals surface area (Å²) in [6.45, 7) is 1.44. The molecule has 0 N–H and O–H groups in total. The van der Waals surface area contributed by atoms with E-state index in [1.54, 1.807) is 0 Å². The Hall–Kier alpha value is -0.920. The fourth-order valence-corrected chi connectivity index (χ4v) is 3.11. The number of carbonyl (C=O) groups excluding carboxylic acids is 2. The maximum atomic E-state index is 12.1.